The zero-order valence-corrected chi connectivity index (χ0v) is 16.5. The van der Waals surface area contributed by atoms with Crippen molar-refractivity contribution in [2.75, 3.05) is 6.54 Å². The number of hydrogen-bond acceptors (Lipinski definition) is 7. The van der Waals surface area contributed by atoms with Gasteiger partial charge in [0.25, 0.3) is 5.91 Å². The van der Waals surface area contributed by atoms with Gasteiger partial charge in [0.2, 0.25) is 11.8 Å². The van der Waals surface area contributed by atoms with Gasteiger partial charge in [-0.2, -0.15) is 0 Å². The van der Waals surface area contributed by atoms with Crippen molar-refractivity contribution in [3.8, 4) is 0 Å². The van der Waals surface area contributed by atoms with Gasteiger partial charge < -0.3 is 21.2 Å². The molecule has 1 aromatic heterocycles. The van der Waals surface area contributed by atoms with Gasteiger partial charge in [-0.3, -0.25) is 19.7 Å². The summed E-state index contributed by atoms with van der Waals surface area (Å²) in [4.78, 5) is 48.2. The fourth-order valence-corrected chi connectivity index (χ4v) is 2.78. The number of rotatable bonds is 8. The molecule has 2 atom stereocenters. The van der Waals surface area contributed by atoms with Gasteiger partial charge in [0.05, 0.1) is 6.04 Å². The number of amides is 3. The summed E-state index contributed by atoms with van der Waals surface area (Å²) in [5.41, 5.74) is 11.8. The highest BCUT2D eigenvalue weighted by molar-refractivity contribution is 6.07. The van der Waals surface area contributed by atoms with E-state index >= 15 is 0 Å². The molecule has 29 heavy (non-hydrogen) atoms. The molecular weight excluding hydrogens is 376 g/mol. The van der Waals surface area contributed by atoms with Crippen LogP contribution in [0, 0.1) is 6.92 Å². The normalized spacial score (nSPS) is 13.0. The summed E-state index contributed by atoms with van der Waals surface area (Å²) in [6.45, 7) is 3.73. The average Bonchev–Trinajstić information content (AvgIpc) is 2.67. The molecule has 156 valence electrons. The van der Waals surface area contributed by atoms with Crippen molar-refractivity contribution in [3.63, 3.8) is 0 Å². The largest absolute Gasteiger partial charge is 0.423 e. The molecule has 9 heteroatoms. The van der Waals surface area contributed by atoms with Crippen LogP contribution in [0.4, 0.5) is 0 Å². The minimum absolute atomic E-state index is 0.150. The highest BCUT2D eigenvalue weighted by atomic mass is 16.4. The number of benzene rings is 1. The second-order valence-corrected chi connectivity index (χ2v) is 6.90. The van der Waals surface area contributed by atoms with E-state index in [-0.39, 0.29) is 11.1 Å². The Labute approximate surface area is 167 Å². The smallest absolute Gasteiger partial charge is 0.336 e. The number of unbranched alkanes of at least 4 members (excludes halogenated alkanes) is 1. The molecule has 0 aliphatic carbocycles. The van der Waals surface area contributed by atoms with Crippen LogP contribution >= 0.6 is 0 Å². The first-order chi connectivity index (χ1) is 13.7. The lowest BCUT2D eigenvalue weighted by atomic mass is 10.1. The Balaban J connectivity index is 1.99. The first kappa shape index (κ1) is 22.3. The lowest BCUT2D eigenvalue weighted by Gasteiger charge is -2.17. The molecule has 0 radical (unpaired) electrons. The van der Waals surface area contributed by atoms with Crippen molar-refractivity contribution in [3.05, 3.63) is 45.8 Å². The second kappa shape index (κ2) is 9.94. The summed E-state index contributed by atoms with van der Waals surface area (Å²) in [5, 5.41) is 5.40. The number of imide groups is 1. The number of nitrogens with one attached hydrogen (secondary N) is 2. The Morgan fingerprint density at radius 1 is 1.14 bits per heavy atom. The average molecular weight is 402 g/mol. The van der Waals surface area contributed by atoms with Gasteiger partial charge in [0.15, 0.2) is 0 Å². The number of carbonyl (C=O) groups excluding carboxylic acids is 3. The van der Waals surface area contributed by atoms with E-state index in [1.165, 1.54) is 25.1 Å². The van der Waals surface area contributed by atoms with Crippen LogP contribution in [0.15, 0.2) is 33.5 Å². The van der Waals surface area contributed by atoms with E-state index < -0.39 is 35.4 Å². The predicted octanol–water partition coefficient (Wildman–Crippen LogP) is 0.319. The minimum Gasteiger partial charge on any atom is -0.423 e. The summed E-state index contributed by atoms with van der Waals surface area (Å²) >= 11 is 0. The third kappa shape index (κ3) is 5.97. The molecule has 9 nitrogen and oxygen atoms in total. The van der Waals surface area contributed by atoms with E-state index in [1.54, 1.807) is 13.0 Å². The highest BCUT2D eigenvalue weighted by Gasteiger charge is 2.22. The maximum atomic E-state index is 12.4. The molecule has 1 heterocycles. The number of fused-ring (bicyclic) bond motifs is 1. The van der Waals surface area contributed by atoms with Crippen LogP contribution in [0.3, 0.4) is 0 Å². The van der Waals surface area contributed by atoms with Crippen LogP contribution in [-0.4, -0.2) is 36.3 Å². The number of hydrogen-bond donors (Lipinski definition) is 4. The SMILES string of the molecule is Cc1cc(=O)oc2cc(C(=O)NC(=O)[C@H](C)NC(=O)[C@@H](N)CCCCN)ccc12. The van der Waals surface area contributed by atoms with E-state index in [9.17, 15) is 19.2 Å². The van der Waals surface area contributed by atoms with Crippen molar-refractivity contribution >= 4 is 28.7 Å². The molecular formula is C20H26N4O5. The molecule has 0 aliphatic rings. The molecule has 3 amide bonds. The molecule has 0 aliphatic heterocycles. The van der Waals surface area contributed by atoms with Crippen LogP contribution in [0.2, 0.25) is 0 Å². The van der Waals surface area contributed by atoms with Crippen LogP contribution in [0.1, 0.15) is 42.1 Å². The maximum absolute atomic E-state index is 12.4. The summed E-state index contributed by atoms with van der Waals surface area (Å²) in [6, 6.07) is 4.21. The van der Waals surface area contributed by atoms with E-state index in [2.05, 4.69) is 10.6 Å². The van der Waals surface area contributed by atoms with Gasteiger partial charge in [-0.1, -0.05) is 12.5 Å². The van der Waals surface area contributed by atoms with Gasteiger partial charge >= 0.3 is 5.63 Å². The molecule has 0 bridgehead atoms. The summed E-state index contributed by atoms with van der Waals surface area (Å²) in [5.74, 6) is -1.82. The maximum Gasteiger partial charge on any atom is 0.336 e. The molecule has 0 unspecified atom stereocenters. The topological polar surface area (TPSA) is 158 Å². The first-order valence-corrected chi connectivity index (χ1v) is 9.38. The van der Waals surface area contributed by atoms with Crippen molar-refractivity contribution in [2.45, 2.75) is 45.2 Å². The highest BCUT2D eigenvalue weighted by Crippen LogP contribution is 2.18. The van der Waals surface area contributed by atoms with Gasteiger partial charge in [-0.05, 0) is 50.9 Å². The number of nitrogens with two attached hydrogens (primary N) is 2. The summed E-state index contributed by atoms with van der Waals surface area (Å²) in [7, 11) is 0. The van der Waals surface area contributed by atoms with E-state index in [4.69, 9.17) is 15.9 Å². The third-order valence-electron chi connectivity index (χ3n) is 4.51. The van der Waals surface area contributed by atoms with Gasteiger partial charge in [0, 0.05) is 17.0 Å². The number of carbonyl (C=O) groups is 3. The molecule has 2 aromatic rings. The van der Waals surface area contributed by atoms with Crippen molar-refractivity contribution in [1.82, 2.24) is 10.6 Å². The fourth-order valence-electron chi connectivity index (χ4n) is 2.78. The van der Waals surface area contributed by atoms with E-state index in [0.717, 1.165) is 12.0 Å². The first-order valence-electron chi connectivity index (χ1n) is 9.38. The van der Waals surface area contributed by atoms with Crippen LogP contribution in [-0.2, 0) is 9.59 Å². The third-order valence-corrected chi connectivity index (χ3v) is 4.51. The molecule has 0 saturated heterocycles. The van der Waals surface area contributed by atoms with Gasteiger partial charge in [-0.25, -0.2) is 4.79 Å². The zero-order chi connectivity index (χ0) is 21.6. The zero-order valence-electron chi connectivity index (χ0n) is 16.5. The summed E-state index contributed by atoms with van der Waals surface area (Å²) < 4.78 is 5.11. The molecule has 0 spiro atoms. The monoisotopic (exact) mass is 402 g/mol. The standard InChI is InChI=1S/C20H26N4O5/c1-11-9-17(25)29-16-10-13(6-7-14(11)16)19(27)24-18(26)12(2)23-20(28)15(22)5-3-4-8-21/h6-7,9-10,12,15H,3-5,8,21-22H2,1-2H3,(H,23,28)(H,24,26,27)/t12-,15-/m0/s1. The lowest BCUT2D eigenvalue weighted by Crippen LogP contribution is -2.51. The Kier molecular flexibility index (Phi) is 7.63. The van der Waals surface area contributed by atoms with Gasteiger partial charge in [0.1, 0.15) is 11.6 Å². The quantitative estimate of drug-likeness (QED) is 0.366. The second-order valence-electron chi connectivity index (χ2n) is 6.90. The van der Waals surface area contributed by atoms with Crippen molar-refractivity contribution in [2.24, 2.45) is 11.5 Å². The Hall–Kier alpha value is -3.04. The molecule has 6 N–H and O–H groups in total. The number of aryl methyl sites for hydroxylation is 1. The molecule has 0 saturated carbocycles. The predicted molar refractivity (Wildman–Crippen MR) is 108 cm³/mol. The van der Waals surface area contributed by atoms with Crippen molar-refractivity contribution in [1.29, 1.82) is 0 Å². The van der Waals surface area contributed by atoms with E-state index in [1.807, 2.05) is 0 Å². The molecule has 0 fully saturated rings. The van der Waals surface area contributed by atoms with E-state index in [0.29, 0.717) is 24.8 Å². The minimum atomic E-state index is -0.951. The van der Waals surface area contributed by atoms with Crippen LogP contribution in [0.25, 0.3) is 11.0 Å². The fraction of sp³-hybridized carbons (Fsp3) is 0.400. The Morgan fingerprint density at radius 3 is 2.55 bits per heavy atom. The van der Waals surface area contributed by atoms with Crippen LogP contribution in [0.5, 0.6) is 0 Å². The summed E-state index contributed by atoms with van der Waals surface area (Å²) in [6.07, 6.45) is 1.93. The Morgan fingerprint density at radius 2 is 1.86 bits per heavy atom. The molecule has 1 aromatic carbocycles. The lowest BCUT2D eigenvalue weighted by molar-refractivity contribution is -0.128. The van der Waals surface area contributed by atoms with Gasteiger partial charge in [-0.15, -0.1) is 0 Å². The molecule has 2 rings (SSSR count). The van der Waals surface area contributed by atoms with Crippen LogP contribution < -0.4 is 27.7 Å². The van der Waals surface area contributed by atoms with Crippen molar-refractivity contribution < 1.29 is 18.8 Å². The Bertz CT molecular complexity index is 969.